The molecule has 0 N–H and O–H groups in total. The zero-order valence-electron chi connectivity index (χ0n) is 12.9. The third kappa shape index (κ3) is 2.38. The van der Waals surface area contributed by atoms with Crippen LogP contribution in [0.25, 0.3) is 0 Å². The summed E-state index contributed by atoms with van der Waals surface area (Å²) in [5, 5.41) is 9.13. The minimum Gasteiger partial charge on any atom is -0.381 e. The number of nitrogens with zero attached hydrogens (tertiary/aromatic N) is 2. The van der Waals surface area contributed by atoms with Crippen LogP contribution in [0.4, 0.5) is 0 Å². The lowest BCUT2D eigenvalue weighted by Crippen LogP contribution is -2.35. The summed E-state index contributed by atoms with van der Waals surface area (Å²) in [6.07, 6.45) is 8.73. The second-order valence-corrected chi connectivity index (χ2v) is 6.30. The van der Waals surface area contributed by atoms with Gasteiger partial charge in [-0.15, -0.1) is 0 Å². The van der Waals surface area contributed by atoms with E-state index in [2.05, 4.69) is 30.1 Å². The van der Waals surface area contributed by atoms with Gasteiger partial charge in [0.2, 0.25) is 6.19 Å². The maximum Gasteiger partial charge on any atom is 0.205 e. The van der Waals surface area contributed by atoms with E-state index in [0.29, 0.717) is 6.10 Å². The number of hydrogen-bond acceptors (Lipinski definition) is 3. The molecule has 3 heteroatoms. The second-order valence-electron chi connectivity index (χ2n) is 6.30. The molecule has 110 valence electrons. The monoisotopic (exact) mass is 282 g/mol. The zero-order chi connectivity index (χ0) is 14.9. The molecule has 1 fully saturated rings. The molecule has 2 aliphatic rings. The highest BCUT2D eigenvalue weighted by Gasteiger charge is 2.45. The van der Waals surface area contributed by atoms with E-state index in [9.17, 15) is 0 Å². The molecule has 0 aromatic heterocycles. The summed E-state index contributed by atoms with van der Waals surface area (Å²) < 4.78 is 5.50. The van der Waals surface area contributed by atoms with Gasteiger partial charge in [-0.2, -0.15) is 10.3 Å². The van der Waals surface area contributed by atoms with Crippen molar-refractivity contribution in [2.24, 2.45) is 10.4 Å². The molecule has 0 unspecified atom stereocenters. The largest absolute Gasteiger partial charge is 0.381 e. The molecule has 0 radical (unpaired) electrons. The predicted molar refractivity (Wildman–Crippen MR) is 83.4 cm³/mol. The van der Waals surface area contributed by atoms with Crippen molar-refractivity contribution >= 4 is 5.71 Å². The van der Waals surface area contributed by atoms with Crippen molar-refractivity contribution < 1.29 is 4.74 Å². The molecule has 0 amide bonds. The minimum absolute atomic E-state index is 0.0689. The van der Waals surface area contributed by atoms with E-state index in [1.165, 1.54) is 16.7 Å². The first-order valence-corrected chi connectivity index (χ1v) is 7.84. The van der Waals surface area contributed by atoms with E-state index in [0.717, 1.165) is 44.2 Å². The van der Waals surface area contributed by atoms with Crippen LogP contribution in [-0.2, 0) is 17.6 Å². The van der Waals surface area contributed by atoms with Gasteiger partial charge in [0, 0.05) is 18.1 Å². The first-order valence-electron chi connectivity index (χ1n) is 7.84. The molecule has 0 aliphatic heterocycles. The molecule has 21 heavy (non-hydrogen) atoms. The third-order valence-electron chi connectivity index (χ3n) is 5.25. The maximum atomic E-state index is 9.13. The van der Waals surface area contributed by atoms with E-state index >= 15 is 0 Å². The summed E-state index contributed by atoms with van der Waals surface area (Å²) >= 11 is 0. The van der Waals surface area contributed by atoms with Crippen molar-refractivity contribution in [3.63, 3.8) is 0 Å². The van der Waals surface area contributed by atoms with Gasteiger partial charge in [-0.25, -0.2) is 0 Å². The summed E-state index contributed by atoms with van der Waals surface area (Å²) in [6.45, 7) is 2.16. The van der Waals surface area contributed by atoms with Gasteiger partial charge >= 0.3 is 0 Å². The quantitative estimate of drug-likeness (QED) is 0.777. The highest BCUT2D eigenvalue weighted by atomic mass is 16.5. The third-order valence-corrected chi connectivity index (χ3v) is 5.25. The molecule has 1 aromatic carbocycles. The fourth-order valence-electron chi connectivity index (χ4n) is 3.97. The van der Waals surface area contributed by atoms with Crippen molar-refractivity contribution in [2.75, 3.05) is 7.11 Å². The van der Waals surface area contributed by atoms with E-state index in [1.807, 2.05) is 6.19 Å². The number of ether oxygens (including phenoxy) is 1. The molecule has 0 heterocycles. The summed E-state index contributed by atoms with van der Waals surface area (Å²) in [5.41, 5.74) is 5.00. The van der Waals surface area contributed by atoms with E-state index in [-0.39, 0.29) is 5.41 Å². The maximum absolute atomic E-state index is 9.13. The van der Waals surface area contributed by atoms with E-state index < -0.39 is 0 Å². The molecular formula is C18H22N2O. The SMILES string of the molecule is CCc1ccc2c(c1)C(=NC#N)C1(CCC(OC)CC1)C2. The Hall–Kier alpha value is -1.66. The normalized spacial score (nSPS) is 29.6. The van der Waals surface area contributed by atoms with Gasteiger partial charge < -0.3 is 4.74 Å². The van der Waals surface area contributed by atoms with Crippen LogP contribution in [0.1, 0.15) is 49.3 Å². The standard InChI is InChI=1S/C18H22N2O/c1-3-13-4-5-14-11-18(8-6-15(21-2)7-9-18)17(20-12-19)16(14)10-13/h4-5,10,15H,3,6-9,11H2,1-2H3. The number of benzene rings is 1. The van der Waals surface area contributed by atoms with Gasteiger partial charge in [-0.1, -0.05) is 19.1 Å². The Balaban J connectivity index is 1.98. The lowest BCUT2D eigenvalue weighted by Gasteiger charge is -2.36. The van der Waals surface area contributed by atoms with Crippen LogP contribution in [0.3, 0.4) is 0 Å². The topological polar surface area (TPSA) is 45.4 Å². The zero-order valence-corrected chi connectivity index (χ0v) is 12.9. The lowest BCUT2D eigenvalue weighted by atomic mass is 9.70. The Bertz CT molecular complexity index is 604. The van der Waals surface area contributed by atoms with Crippen LogP contribution in [0.5, 0.6) is 0 Å². The van der Waals surface area contributed by atoms with Gasteiger partial charge in [0.15, 0.2) is 0 Å². The Kier molecular flexibility index (Phi) is 3.82. The Morgan fingerprint density at radius 1 is 1.38 bits per heavy atom. The van der Waals surface area contributed by atoms with Crippen molar-refractivity contribution in [3.05, 3.63) is 34.9 Å². The van der Waals surface area contributed by atoms with Crippen LogP contribution >= 0.6 is 0 Å². The summed E-state index contributed by atoms with van der Waals surface area (Å²) in [5.74, 6) is 0. The molecule has 1 saturated carbocycles. The van der Waals surface area contributed by atoms with Gasteiger partial charge in [0.05, 0.1) is 11.8 Å². The lowest BCUT2D eigenvalue weighted by molar-refractivity contribution is 0.0468. The molecule has 0 bridgehead atoms. The van der Waals surface area contributed by atoms with E-state index in [1.54, 1.807) is 7.11 Å². The molecule has 2 aliphatic carbocycles. The van der Waals surface area contributed by atoms with Gasteiger partial charge in [0.1, 0.15) is 0 Å². The molecule has 3 rings (SSSR count). The van der Waals surface area contributed by atoms with Crippen LogP contribution < -0.4 is 0 Å². The number of fused-ring (bicyclic) bond motifs is 1. The highest BCUT2D eigenvalue weighted by Crippen LogP contribution is 2.48. The van der Waals surface area contributed by atoms with E-state index in [4.69, 9.17) is 10.00 Å². The summed E-state index contributed by atoms with van der Waals surface area (Å²) in [6, 6.07) is 6.68. The Morgan fingerprint density at radius 3 is 2.76 bits per heavy atom. The summed E-state index contributed by atoms with van der Waals surface area (Å²) in [7, 11) is 1.80. The number of aliphatic imine (C=N–C) groups is 1. The van der Waals surface area contributed by atoms with Crippen LogP contribution in [0, 0.1) is 16.9 Å². The average Bonchev–Trinajstić information content (AvgIpc) is 2.81. The van der Waals surface area contributed by atoms with Crippen LogP contribution in [0.15, 0.2) is 23.2 Å². The number of hydrogen-bond donors (Lipinski definition) is 0. The molecule has 1 spiro atoms. The molecule has 0 saturated heterocycles. The first-order chi connectivity index (χ1) is 10.2. The van der Waals surface area contributed by atoms with Crippen molar-refractivity contribution in [1.29, 1.82) is 5.26 Å². The van der Waals surface area contributed by atoms with Crippen molar-refractivity contribution in [1.82, 2.24) is 0 Å². The average molecular weight is 282 g/mol. The number of rotatable bonds is 2. The number of nitriles is 1. The van der Waals surface area contributed by atoms with Gasteiger partial charge in [-0.3, -0.25) is 0 Å². The van der Waals surface area contributed by atoms with Gasteiger partial charge in [0.25, 0.3) is 0 Å². The summed E-state index contributed by atoms with van der Waals surface area (Å²) in [4.78, 5) is 4.25. The smallest absolute Gasteiger partial charge is 0.205 e. The Morgan fingerprint density at radius 2 is 2.14 bits per heavy atom. The first kappa shape index (κ1) is 14.3. The predicted octanol–water partition coefficient (Wildman–Crippen LogP) is 3.65. The fraction of sp³-hybridized carbons (Fsp3) is 0.556. The Labute approximate surface area is 126 Å². The number of methoxy groups -OCH3 is 1. The highest BCUT2D eigenvalue weighted by molar-refractivity contribution is 6.09. The van der Waals surface area contributed by atoms with Crippen molar-refractivity contribution in [3.8, 4) is 6.19 Å². The van der Waals surface area contributed by atoms with Crippen LogP contribution in [0.2, 0.25) is 0 Å². The van der Waals surface area contributed by atoms with Crippen molar-refractivity contribution in [2.45, 2.75) is 51.6 Å². The number of aryl methyl sites for hydroxylation is 1. The van der Waals surface area contributed by atoms with Gasteiger partial charge in [-0.05, 0) is 55.7 Å². The fourth-order valence-corrected chi connectivity index (χ4v) is 3.97. The molecular weight excluding hydrogens is 260 g/mol. The molecule has 1 aromatic rings. The minimum atomic E-state index is 0.0689. The van der Waals surface area contributed by atoms with Crippen LogP contribution in [-0.4, -0.2) is 18.9 Å². The second kappa shape index (κ2) is 5.61. The molecule has 3 nitrogen and oxygen atoms in total. The molecule has 0 atom stereocenters.